The van der Waals surface area contributed by atoms with Crippen LogP contribution in [0.2, 0.25) is 0 Å². The van der Waals surface area contributed by atoms with Crippen LogP contribution in [0.4, 0.5) is 0 Å². The number of aromatic nitrogens is 2. The van der Waals surface area contributed by atoms with Gasteiger partial charge in [-0.3, -0.25) is 9.48 Å². The summed E-state index contributed by atoms with van der Waals surface area (Å²) in [5.74, 6) is 0.0570. The number of piperidine rings is 1. The molecule has 2 aliphatic heterocycles. The second kappa shape index (κ2) is 5.93. The molecule has 3 heterocycles. The first kappa shape index (κ1) is 13.6. The van der Waals surface area contributed by atoms with Gasteiger partial charge in [0.2, 0.25) is 0 Å². The molecule has 0 bridgehead atoms. The summed E-state index contributed by atoms with van der Waals surface area (Å²) in [5, 5.41) is 11.2. The Morgan fingerprint density at radius 2 is 2.20 bits per heavy atom. The van der Waals surface area contributed by atoms with Gasteiger partial charge in [0.25, 0.3) is 5.91 Å². The lowest BCUT2D eigenvalue weighted by Gasteiger charge is -2.33. The van der Waals surface area contributed by atoms with Gasteiger partial charge >= 0.3 is 0 Å². The molecular weight excluding hydrogens is 254 g/mol. The number of carbonyl (C=O) groups excluding carboxylic acids is 1. The molecule has 1 aromatic heterocycles. The van der Waals surface area contributed by atoms with E-state index in [0.717, 1.165) is 39.1 Å². The zero-order valence-corrected chi connectivity index (χ0v) is 12.0. The van der Waals surface area contributed by atoms with Gasteiger partial charge in [0, 0.05) is 38.4 Å². The Labute approximate surface area is 119 Å². The molecule has 0 aliphatic carbocycles. The molecule has 110 valence electrons. The standard InChI is InChI=1S/C14H23N5O/c1-11-9-16-6-8-18(11)14(20)13-4-7-19(17-13)12-3-2-5-15-10-12/h4,7,11-12,15-16H,2-3,5-6,8-10H2,1H3/t11-,12+/m0/s1. The fourth-order valence-electron chi connectivity index (χ4n) is 3.00. The van der Waals surface area contributed by atoms with Crippen LogP contribution in [-0.2, 0) is 0 Å². The van der Waals surface area contributed by atoms with E-state index in [-0.39, 0.29) is 11.9 Å². The third-order valence-electron chi connectivity index (χ3n) is 4.23. The maximum absolute atomic E-state index is 12.5. The Morgan fingerprint density at radius 1 is 1.35 bits per heavy atom. The van der Waals surface area contributed by atoms with Gasteiger partial charge in [-0.1, -0.05) is 0 Å². The lowest BCUT2D eigenvalue weighted by atomic mass is 10.1. The van der Waals surface area contributed by atoms with Crippen molar-refractivity contribution in [1.82, 2.24) is 25.3 Å². The molecule has 0 aromatic carbocycles. The highest BCUT2D eigenvalue weighted by molar-refractivity contribution is 5.92. The first-order chi connectivity index (χ1) is 9.75. The van der Waals surface area contributed by atoms with E-state index in [9.17, 15) is 4.79 Å². The smallest absolute Gasteiger partial charge is 0.274 e. The topological polar surface area (TPSA) is 62.2 Å². The summed E-state index contributed by atoms with van der Waals surface area (Å²) in [7, 11) is 0. The number of hydrogen-bond acceptors (Lipinski definition) is 4. The van der Waals surface area contributed by atoms with Crippen molar-refractivity contribution in [2.75, 3.05) is 32.7 Å². The average Bonchev–Trinajstić information content (AvgIpc) is 2.98. The number of piperazine rings is 1. The molecule has 2 aliphatic rings. The van der Waals surface area contributed by atoms with Crippen molar-refractivity contribution in [3.05, 3.63) is 18.0 Å². The highest BCUT2D eigenvalue weighted by Gasteiger charge is 2.26. The van der Waals surface area contributed by atoms with Crippen LogP contribution >= 0.6 is 0 Å². The van der Waals surface area contributed by atoms with E-state index in [2.05, 4.69) is 22.7 Å². The largest absolute Gasteiger partial charge is 0.332 e. The maximum Gasteiger partial charge on any atom is 0.274 e. The summed E-state index contributed by atoms with van der Waals surface area (Å²) < 4.78 is 1.95. The second-order valence-corrected chi connectivity index (χ2v) is 5.73. The summed E-state index contributed by atoms with van der Waals surface area (Å²) in [6.45, 7) is 6.59. The van der Waals surface area contributed by atoms with Gasteiger partial charge in [-0.2, -0.15) is 5.10 Å². The van der Waals surface area contributed by atoms with Crippen molar-refractivity contribution in [2.45, 2.75) is 31.8 Å². The molecule has 0 spiro atoms. The minimum absolute atomic E-state index is 0.0570. The molecule has 2 atom stereocenters. The molecule has 0 unspecified atom stereocenters. The van der Waals surface area contributed by atoms with E-state index in [1.165, 1.54) is 6.42 Å². The first-order valence-electron chi connectivity index (χ1n) is 7.53. The molecule has 20 heavy (non-hydrogen) atoms. The average molecular weight is 277 g/mol. The van der Waals surface area contributed by atoms with Crippen molar-refractivity contribution in [2.24, 2.45) is 0 Å². The molecule has 0 saturated carbocycles. The molecule has 1 aromatic rings. The number of rotatable bonds is 2. The van der Waals surface area contributed by atoms with Gasteiger partial charge in [0.15, 0.2) is 0 Å². The fraction of sp³-hybridized carbons (Fsp3) is 0.714. The Balaban J connectivity index is 1.70. The fourth-order valence-corrected chi connectivity index (χ4v) is 3.00. The number of carbonyl (C=O) groups is 1. The zero-order chi connectivity index (χ0) is 13.9. The third-order valence-corrected chi connectivity index (χ3v) is 4.23. The van der Waals surface area contributed by atoms with Crippen LogP contribution in [0.25, 0.3) is 0 Å². The molecule has 2 saturated heterocycles. The number of amides is 1. The Hall–Kier alpha value is -1.40. The van der Waals surface area contributed by atoms with Crippen molar-refractivity contribution < 1.29 is 4.79 Å². The minimum Gasteiger partial charge on any atom is -0.332 e. The SMILES string of the molecule is C[C@H]1CNCCN1C(=O)c1ccn([C@@H]2CCCNC2)n1. The van der Waals surface area contributed by atoms with Crippen LogP contribution < -0.4 is 10.6 Å². The van der Waals surface area contributed by atoms with E-state index in [1.807, 2.05) is 21.8 Å². The van der Waals surface area contributed by atoms with Crippen molar-refractivity contribution >= 4 is 5.91 Å². The Bertz CT molecular complexity index is 466. The Morgan fingerprint density at radius 3 is 2.95 bits per heavy atom. The predicted octanol–water partition coefficient (Wildman–Crippen LogP) is 0.242. The molecule has 6 nitrogen and oxygen atoms in total. The predicted molar refractivity (Wildman–Crippen MR) is 76.7 cm³/mol. The van der Waals surface area contributed by atoms with Crippen LogP contribution in [0.1, 0.15) is 36.3 Å². The first-order valence-corrected chi connectivity index (χ1v) is 7.53. The van der Waals surface area contributed by atoms with Gasteiger partial charge in [-0.05, 0) is 32.4 Å². The zero-order valence-electron chi connectivity index (χ0n) is 12.0. The van der Waals surface area contributed by atoms with Crippen molar-refractivity contribution in [3.63, 3.8) is 0 Å². The second-order valence-electron chi connectivity index (χ2n) is 5.73. The van der Waals surface area contributed by atoms with Crippen molar-refractivity contribution in [3.8, 4) is 0 Å². The lowest BCUT2D eigenvalue weighted by Crippen LogP contribution is -2.52. The van der Waals surface area contributed by atoms with Gasteiger partial charge in [-0.25, -0.2) is 0 Å². The summed E-state index contributed by atoms with van der Waals surface area (Å²) >= 11 is 0. The molecule has 3 rings (SSSR count). The van der Waals surface area contributed by atoms with Crippen LogP contribution in [0, 0.1) is 0 Å². The summed E-state index contributed by atoms with van der Waals surface area (Å²) in [6.07, 6.45) is 4.24. The number of nitrogens with zero attached hydrogens (tertiary/aromatic N) is 3. The highest BCUT2D eigenvalue weighted by atomic mass is 16.2. The molecule has 0 radical (unpaired) electrons. The monoisotopic (exact) mass is 277 g/mol. The number of nitrogens with one attached hydrogen (secondary N) is 2. The quantitative estimate of drug-likeness (QED) is 0.813. The van der Waals surface area contributed by atoms with E-state index < -0.39 is 0 Å². The van der Waals surface area contributed by atoms with E-state index >= 15 is 0 Å². The summed E-state index contributed by atoms with van der Waals surface area (Å²) in [6, 6.07) is 2.47. The van der Waals surface area contributed by atoms with Crippen LogP contribution in [0.3, 0.4) is 0 Å². The van der Waals surface area contributed by atoms with E-state index in [0.29, 0.717) is 11.7 Å². The van der Waals surface area contributed by atoms with Gasteiger partial charge < -0.3 is 15.5 Å². The van der Waals surface area contributed by atoms with Gasteiger partial charge in [0.05, 0.1) is 6.04 Å². The number of hydrogen-bond donors (Lipinski definition) is 2. The van der Waals surface area contributed by atoms with Crippen LogP contribution in [-0.4, -0.2) is 59.4 Å². The maximum atomic E-state index is 12.5. The van der Waals surface area contributed by atoms with E-state index in [1.54, 1.807) is 0 Å². The lowest BCUT2D eigenvalue weighted by molar-refractivity contribution is 0.0648. The van der Waals surface area contributed by atoms with Crippen LogP contribution in [0.15, 0.2) is 12.3 Å². The van der Waals surface area contributed by atoms with Gasteiger partial charge in [-0.15, -0.1) is 0 Å². The van der Waals surface area contributed by atoms with Crippen molar-refractivity contribution in [1.29, 1.82) is 0 Å². The highest BCUT2D eigenvalue weighted by Crippen LogP contribution is 2.17. The molecule has 2 fully saturated rings. The molecule has 1 amide bonds. The normalized spacial score (nSPS) is 27.6. The summed E-state index contributed by atoms with van der Waals surface area (Å²) in [5.41, 5.74) is 0.573. The van der Waals surface area contributed by atoms with Crippen LogP contribution in [0.5, 0.6) is 0 Å². The third kappa shape index (κ3) is 2.71. The summed E-state index contributed by atoms with van der Waals surface area (Å²) in [4.78, 5) is 14.4. The van der Waals surface area contributed by atoms with Gasteiger partial charge in [0.1, 0.15) is 5.69 Å². The Kier molecular flexibility index (Phi) is 4.03. The molecule has 2 N–H and O–H groups in total. The minimum atomic E-state index is 0.0570. The molecule has 6 heteroatoms. The molecular formula is C14H23N5O. The van der Waals surface area contributed by atoms with E-state index in [4.69, 9.17) is 0 Å².